The number of hydrogen-bond donors (Lipinski definition) is 4. The molecule has 3 rings (SSSR count). The van der Waals surface area contributed by atoms with Crippen molar-refractivity contribution in [1.29, 1.82) is 0 Å². The lowest BCUT2D eigenvalue weighted by molar-refractivity contribution is -0.123. The van der Waals surface area contributed by atoms with Crippen LogP contribution in [0, 0.1) is 0 Å². The van der Waals surface area contributed by atoms with Crippen LogP contribution in [0.3, 0.4) is 0 Å². The van der Waals surface area contributed by atoms with E-state index in [0.29, 0.717) is 39.0 Å². The standard InChI is InChI=1S/C22H28N4O2/c27-21-15-19(17-7-3-1-4-8-17)23-11-13-26-22(28)16-20(24-12-14-25-21)18-9-5-2-6-10-18/h1-10,19-20,23-24H,11-16H2,(H,25,27)(H,26,28). The first-order valence-electron chi connectivity index (χ1n) is 9.82. The fraction of sp³-hybridized carbons (Fsp3) is 0.364. The molecule has 0 aromatic heterocycles. The van der Waals surface area contributed by atoms with Gasteiger partial charge in [0.05, 0.1) is 0 Å². The van der Waals surface area contributed by atoms with Gasteiger partial charge in [-0.1, -0.05) is 60.7 Å². The highest BCUT2D eigenvalue weighted by Crippen LogP contribution is 2.17. The van der Waals surface area contributed by atoms with Crippen molar-refractivity contribution in [2.75, 3.05) is 26.2 Å². The number of carbonyl (C=O) groups excluding carboxylic acids is 2. The molecule has 1 saturated heterocycles. The molecule has 4 N–H and O–H groups in total. The maximum Gasteiger partial charge on any atom is 0.221 e. The first kappa shape index (κ1) is 20.0. The van der Waals surface area contributed by atoms with Crippen LogP contribution < -0.4 is 21.3 Å². The van der Waals surface area contributed by atoms with Crippen molar-refractivity contribution >= 4 is 11.8 Å². The van der Waals surface area contributed by atoms with E-state index in [1.54, 1.807) is 0 Å². The van der Waals surface area contributed by atoms with Crippen LogP contribution in [0.4, 0.5) is 0 Å². The summed E-state index contributed by atoms with van der Waals surface area (Å²) >= 11 is 0. The Bertz CT molecular complexity index is 686. The molecule has 0 spiro atoms. The van der Waals surface area contributed by atoms with Crippen molar-refractivity contribution in [3.8, 4) is 0 Å². The fourth-order valence-corrected chi connectivity index (χ4v) is 3.40. The van der Waals surface area contributed by atoms with Crippen LogP contribution in [-0.4, -0.2) is 38.0 Å². The molecule has 0 bridgehead atoms. The highest BCUT2D eigenvalue weighted by molar-refractivity contribution is 5.77. The van der Waals surface area contributed by atoms with Crippen molar-refractivity contribution in [1.82, 2.24) is 21.3 Å². The van der Waals surface area contributed by atoms with Gasteiger partial charge in [-0.25, -0.2) is 0 Å². The molecule has 2 aromatic carbocycles. The average molecular weight is 380 g/mol. The first-order chi connectivity index (χ1) is 13.7. The molecule has 1 aliphatic heterocycles. The van der Waals surface area contributed by atoms with E-state index in [-0.39, 0.29) is 23.9 Å². The monoisotopic (exact) mass is 380 g/mol. The molecule has 148 valence electrons. The van der Waals surface area contributed by atoms with Crippen molar-refractivity contribution < 1.29 is 9.59 Å². The van der Waals surface area contributed by atoms with Crippen molar-refractivity contribution in [2.24, 2.45) is 0 Å². The Balaban J connectivity index is 1.65. The molecule has 2 unspecified atom stereocenters. The molecule has 0 radical (unpaired) electrons. The molecule has 1 aliphatic rings. The Kier molecular flexibility index (Phi) is 7.58. The predicted octanol–water partition coefficient (Wildman–Crippen LogP) is 1.67. The Labute approximate surface area is 166 Å². The minimum atomic E-state index is -0.0777. The number of rotatable bonds is 2. The molecule has 2 atom stereocenters. The molecular formula is C22H28N4O2. The summed E-state index contributed by atoms with van der Waals surface area (Å²) in [5, 5.41) is 12.7. The lowest BCUT2D eigenvalue weighted by atomic mass is 10.0. The molecule has 28 heavy (non-hydrogen) atoms. The van der Waals surface area contributed by atoms with Crippen LogP contribution in [-0.2, 0) is 9.59 Å². The van der Waals surface area contributed by atoms with Gasteiger partial charge in [0, 0.05) is 51.1 Å². The van der Waals surface area contributed by atoms with Gasteiger partial charge in [0.1, 0.15) is 0 Å². The van der Waals surface area contributed by atoms with E-state index in [4.69, 9.17) is 0 Å². The van der Waals surface area contributed by atoms with Gasteiger partial charge in [0.2, 0.25) is 11.8 Å². The Hall–Kier alpha value is -2.70. The second-order valence-corrected chi connectivity index (χ2v) is 6.94. The van der Waals surface area contributed by atoms with Crippen LogP contribution in [0.25, 0.3) is 0 Å². The third-order valence-electron chi connectivity index (χ3n) is 4.86. The molecule has 0 aliphatic carbocycles. The minimum absolute atomic E-state index is 0.0144. The normalized spacial score (nSPS) is 22.6. The zero-order valence-electron chi connectivity index (χ0n) is 16.0. The number of amides is 2. The summed E-state index contributed by atoms with van der Waals surface area (Å²) in [6, 6.07) is 19.7. The topological polar surface area (TPSA) is 82.3 Å². The minimum Gasteiger partial charge on any atom is -0.355 e. The third-order valence-corrected chi connectivity index (χ3v) is 4.86. The molecule has 1 fully saturated rings. The number of carbonyl (C=O) groups is 2. The third kappa shape index (κ3) is 6.18. The highest BCUT2D eigenvalue weighted by Gasteiger charge is 2.18. The van der Waals surface area contributed by atoms with Gasteiger partial charge in [-0.3, -0.25) is 9.59 Å². The smallest absolute Gasteiger partial charge is 0.221 e. The Morgan fingerprint density at radius 3 is 1.36 bits per heavy atom. The number of nitrogens with one attached hydrogen (secondary N) is 4. The molecule has 1 heterocycles. The SMILES string of the molecule is O=C1CC(c2ccccc2)NCCNC(=O)CC(c2ccccc2)NCCN1. The molecule has 0 saturated carbocycles. The summed E-state index contributed by atoms with van der Waals surface area (Å²) in [6.45, 7) is 2.24. The molecule has 6 heteroatoms. The van der Waals surface area contributed by atoms with Gasteiger partial charge in [-0.15, -0.1) is 0 Å². The van der Waals surface area contributed by atoms with Crippen LogP contribution in [0.15, 0.2) is 60.7 Å². The number of hydrogen-bond acceptors (Lipinski definition) is 4. The van der Waals surface area contributed by atoms with Gasteiger partial charge >= 0.3 is 0 Å². The van der Waals surface area contributed by atoms with Crippen LogP contribution in [0.5, 0.6) is 0 Å². The van der Waals surface area contributed by atoms with Crippen molar-refractivity contribution in [3.05, 3.63) is 71.8 Å². The first-order valence-corrected chi connectivity index (χ1v) is 9.82. The lowest BCUT2D eigenvalue weighted by Crippen LogP contribution is -2.40. The molecular weight excluding hydrogens is 352 g/mol. The van der Waals surface area contributed by atoms with E-state index >= 15 is 0 Å². The zero-order chi connectivity index (χ0) is 19.6. The lowest BCUT2D eigenvalue weighted by Gasteiger charge is -2.22. The Morgan fingerprint density at radius 1 is 0.571 bits per heavy atom. The van der Waals surface area contributed by atoms with E-state index < -0.39 is 0 Å². The van der Waals surface area contributed by atoms with Gasteiger partial charge in [-0.05, 0) is 11.1 Å². The summed E-state index contributed by atoms with van der Waals surface area (Å²) in [7, 11) is 0. The maximum absolute atomic E-state index is 12.4. The fourth-order valence-electron chi connectivity index (χ4n) is 3.40. The Morgan fingerprint density at radius 2 is 0.964 bits per heavy atom. The zero-order valence-corrected chi connectivity index (χ0v) is 16.0. The van der Waals surface area contributed by atoms with E-state index in [9.17, 15) is 9.59 Å². The summed E-state index contributed by atoms with van der Waals surface area (Å²) < 4.78 is 0. The van der Waals surface area contributed by atoms with Crippen molar-refractivity contribution in [3.63, 3.8) is 0 Å². The van der Waals surface area contributed by atoms with Gasteiger partial charge < -0.3 is 21.3 Å². The summed E-state index contributed by atoms with van der Waals surface area (Å²) in [6.07, 6.45) is 0.722. The number of benzene rings is 2. The van der Waals surface area contributed by atoms with Gasteiger partial charge in [-0.2, -0.15) is 0 Å². The van der Waals surface area contributed by atoms with Crippen LogP contribution >= 0.6 is 0 Å². The predicted molar refractivity (Wildman–Crippen MR) is 110 cm³/mol. The summed E-state index contributed by atoms with van der Waals surface area (Å²) in [4.78, 5) is 24.8. The second kappa shape index (κ2) is 10.6. The molecule has 2 aromatic rings. The quantitative estimate of drug-likeness (QED) is 0.639. The van der Waals surface area contributed by atoms with Crippen molar-refractivity contribution in [2.45, 2.75) is 24.9 Å². The second-order valence-electron chi connectivity index (χ2n) is 6.94. The maximum atomic E-state index is 12.4. The van der Waals surface area contributed by atoms with Crippen LogP contribution in [0.2, 0.25) is 0 Å². The summed E-state index contributed by atoms with van der Waals surface area (Å²) in [5.74, 6) is 0.0287. The van der Waals surface area contributed by atoms with E-state index in [1.165, 1.54) is 0 Å². The van der Waals surface area contributed by atoms with Gasteiger partial charge in [0.15, 0.2) is 0 Å². The van der Waals surface area contributed by atoms with Crippen LogP contribution in [0.1, 0.15) is 36.1 Å². The van der Waals surface area contributed by atoms with E-state index in [1.807, 2.05) is 60.7 Å². The van der Waals surface area contributed by atoms with E-state index in [2.05, 4.69) is 21.3 Å². The summed E-state index contributed by atoms with van der Waals surface area (Å²) in [5.41, 5.74) is 2.14. The van der Waals surface area contributed by atoms with Gasteiger partial charge in [0.25, 0.3) is 0 Å². The average Bonchev–Trinajstić information content (AvgIpc) is 2.73. The largest absolute Gasteiger partial charge is 0.355 e. The molecule has 6 nitrogen and oxygen atoms in total. The molecule has 2 amide bonds. The van der Waals surface area contributed by atoms with E-state index in [0.717, 1.165) is 11.1 Å². The highest BCUT2D eigenvalue weighted by atomic mass is 16.2.